The molecule has 0 radical (unpaired) electrons. The summed E-state index contributed by atoms with van der Waals surface area (Å²) in [6.45, 7) is 13.1. The third kappa shape index (κ3) is 3.74. The number of nitrogens with zero attached hydrogens (tertiary/aromatic N) is 3. The monoisotopic (exact) mass is 344 g/mol. The first kappa shape index (κ1) is 19.1. The van der Waals surface area contributed by atoms with Gasteiger partial charge in [-0.25, -0.2) is 0 Å². The second kappa shape index (κ2) is 7.35. The first-order chi connectivity index (χ1) is 11.7. The third-order valence-corrected chi connectivity index (χ3v) is 4.74. The van der Waals surface area contributed by atoms with Gasteiger partial charge in [-0.05, 0) is 54.2 Å². The number of carbonyl (C=O) groups is 2. The van der Waals surface area contributed by atoms with Crippen LogP contribution in [0.5, 0.6) is 0 Å². The number of aromatic nitrogens is 3. The number of hydrogen-bond acceptors (Lipinski definition) is 4. The molecule has 0 saturated carbocycles. The van der Waals surface area contributed by atoms with Gasteiger partial charge in [0.15, 0.2) is 11.6 Å². The van der Waals surface area contributed by atoms with Crippen molar-refractivity contribution in [2.24, 2.45) is 0 Å². The van der Waals surface area contributed by atoms with Crippen LogP contribution in [0.15, 0.2) is 0 Å². The van der Waals surface area contributed by atoms with Crippen molar-refractivity contribution >= 4 is 11.6 Å². The molecule has 136 valence electrons. The smallest absolute Gasteiger partial charge is 0.193 e. The molecule has 0 aromatic carbocycles. The minimum atomic E-state index is -0.0168. The van der Waals surface area contributed by atoms with Crippen molar-refractivity contribution in [1.29, 1.82) is 0 Å². The third-order valence-electron chi connectivity index (χ3n) is 4.74. The zero-order valence-corrected chi connectivity index (χ0v) is 16.3. The van der Waals surface area contributed by atoms with Crippen LogP contribution in [-0.2, 0) is 13.1 Å². The predicted octanol–water partition coefficient (Wildman–Crippen LogP) is 2.98. The minimum absolute atomic E-state index is 0.00575. The fourth-order valence-electron chi connectivity index (χ4n) is 3.48. The summed E-state index contributed by atoms with van der Waals surface area (Å²) in [6, 6.07) is 0. The summed E-state index contributed by atoms with van der Waals surface area (Å²) in [7, 11) is 1.93. The molecule has 2 rings (SSSR count). The molecule has 6 heteroatoms. The Kier molecular flexibility index (Phi) is 5.62. The normalized spacial score (nSPS) is 11.4. The fraction of sp³-hybridized carbons (Fsp3) is 0.526. The van der Waals surface area contributed by atoms with Gasteiger partial charge in [-0.3, -0.25) is 19.2 Å². The van der Waals surface area contributed by atoms with E-state index in [1.54, 1.807) is 0 Å². The van der Waals surface area contributed by atoms with Crippen LogP contribution in [0.25, 0.3) is 0 Å². The molecule has 0 atom stereocenters. The first-order valence-corrected chi connectivity index (χ1v) is 8.62. The molecule has 0 amide bonds. The summed E-state index contributed by atoms with van der Waals surface area (Å²) < 4.78 is 1.98. The van der Waals surface area contributed by atoms with Gasteiger partial charge in [0.05, 0.1) is 17.9 Å². The quantitative estimate of drug-likeness (QED) is 0.784. The number of carbonyl (C=O) groups excluding carboxylic acids is 2. The van der Waals surface area contributed by atoms with Crippen molar-refractivity contribution in [3.63, 3.8) is 0 Å². The average Bonchev–Trinajstić information content (AvgIpc) is 2.97. The molecular formula is C19H28N4O2. The van der Waals surface area contributed by atoms with Gasteiger partial charge >= 0.3 is 0 Å². The lowest BCUT2D eigenvalue weighted by atomic mass is 10.1. The first-order valence-electron chi connectivity index (χ1n) is 8.62. The van der Waals surface area contributed by atoms with Crippen LogP contribution in [0.1, 0.15) is 62.9 Å². The number of nitrogens with one attached hydrogen (secondary N) is 1. The Bertz CT molecular complexity index is 814. The molecule has 25 heavy (non-hydrogen) atoms. The van der Waals surface area contributed by atoms with Crippen molar-refractivity contribution in [3.05, 3.63) is 39.5 Å². The van der Waals surface area contributed by atoms with Crippen molar-refractivity contribution in [3.8, 4) is 0 Å². The molecule has 0 aliphatic carbocycles. The topological polar surface area (TPSA) is 71.0 Å². The lowest BCUT2D eigenvalue weighted by Crippen LogP contribution is -2.26. The largest absolute Gasteiger partial charge is 0.355 e. The molecule has 0 bridgehead atoms. The molecule has 2 aromatic heterocycles. The Morgan fingerprint density at radius 3 is 2.32 bits per heavy atom. The van der Waals surface area contributed by atoms with Crippen LogP contribution in [0.3, 0.4) is 0 Å². The number of hydrogen-bond donors (Lipinski definition) is 1. The van der Waals surface area contributed by atoms with E-state index in [1.165, 1.54) is 12.5 Å². The van der Waals surface area contributed by atoms with Crippen molar-refractivity contribution in [2.75, 3.05) is 13.6 Å². The van der Waals surface area contributed by atoms with Crippen LogP contribution >= 0.6 is 0 Å². The summed E-state index contributed by atoms with van der Waals surface area (Å²) in [4.78, 5) is 29.5. The van der Waals surface area contributed by atoms with Gasteiger partial charge in [0.2, 0.25) is 0 Å². The predicted molar refractivity (Wildman–Crippen MR) is 98.3 cm³/mol. The van der Waals surface area contributed by atoms with Crippen LogP contribution in [-0.4, -0.2) is 44.8 Å². The van der Waals surface area contributed by atoms with E-state index in [4.69, 9.17) is 0 Å². The number of rotatable bonds is 7. The maximum atomic E-state index is 12.7. The highest BCUT2D eigenvalue weighted by Gasteiger charge is 2.21. The number of Topliss-reactive ketones (excluding diaryl/α,β-unsaturated/α-hetero) is 2. The van der Waals surface area contributed by atoms with Crippen molar-refractivity contribution in [2.45, 2.75) is 54.6 Å². The molecule has 0 aliphatic heterocycles. The van der Waals surface area contributed by atoms with Gasteiger partial charge in [-0.2, -0.15) is 5.10 Å². The van der Waals surface area contributed by atoms with E-state index < -0.39 is 0 Å². The Labute approximate surface area is 149 Å². The molecular weight excluding hydrogens is 316 g/mol. The van der Waals surface area contributed by atoms with Crippen LogP contribution < -0.4 is 0 Å². The molecule has 2 aromatic rings. The van der Waals surface area contributed by atoms with Gasteiger partial charge in [0, 0.05) is 35.6 Å². The van der Waals surface area contributed by atoms with Gasteiger partial charge in [0.1, 0.15) is 0 Å². The summed E-state index contributed by atoms with van der Waals surface area (Å²) in [5.41, 5.74) is 5.98. The van der Waals surface area contributed by atoms with E-state index >= 15 is 0 Å². The minimum Gasteiger partial charge on any atom is -0.355 e. The number of aryl methyl sites for hydroxylation is 3. The van der Waals surface area contributed by atoms with Gasteiger partial charge in [-0.15, -0.1) is 0 Å². The number of likely N-dealkylation sites (N-methyl/N-ethyl adjacent to an activating group) is 1. The van der Waals surface area contributed by atoms with Crippen molar-refractivity contribution < 1.29 is 9.59 Å². The lowest BCUT2D eigenvalue weighted by molar-refractivity contribution is 0.0937. The second-order valence-electron chi connectivity index (χ2n) is 6.74. The SMILES string of the molecule is CCn1nc(C)c(CN(C)CC(=O)c2[nH]c(C)c(C(C)=O)c2C)c1C. The molecule has 0 aliphatic rings. The molecule has 2 heterocycles. The maximum absolute atomic E-state index is 12.7. The number of ketones is 2. The average molecular weight is 344 g/mol. The summed E-state index contributed by atoms with van der Waals surface area (Å²) in [5.74, 6) is -0.0225. The highest BCUT2D eigenvalue weighted by molar-refractivity contribution is 6.03. The van der Waals surface area contributed by atoms with E-state index in [0.717, 1.165) is 29.2 Å². The fourth-order valence-corrected chi connectivity index (χ4v) is 3.48. The van der Waals surface area contributed by atoms with Crippen LogP contribution in [0.4, 0.5) is 0 Å². The van der Waals surface area contributed by atoms with E-state index in [2.05, 4.69) is 23.9 Å². The molecule has 0 spiro atoms. The highest BCUT2D eigenvalue weighted by atomic mass is 16.1. The van der Waals surface area contributed by atoms with Crippen molar-refractivity contribution in [1.82, 2.24) is 19.7 Å². The van der Waals surface area contributed by atoms with Crippen LogP contribution in [0, 0.1) is 27.7 Å². The molecule has 1 N–H and O–H groups in total. The van der Waals surface area contributed by atoms with Gasteiger partial charge in [0.25, 0.3) is 0 Å². The zero-order valence-electron chi connectivity index (χ0n) is 16.3. The maximum Gasteiger partial charge on any atom is 0.193 e. The van der Waals surface area contributed by atoms with E-state index in [9.17, 15) is 9.59 Å². The summed E-state index contributed by atoms with van der Waals surface area (Å²) in [5, 5.41) is 4.53. The molecule has 0 unspecified atom stereocenters. The van der Waals surface area contributed by atoms with Gasteiger partial charge in [-0.1, -0.05) is 0 Å². The zero-order chi connectivity index (χ0) is 18.9. The summed E-state index contributed by atoms with van der Waals surface area (Å²) in [6.07, 6.45) is 0. The van der Waals surface area contributed by atoms with Gasteiger partial charge < -0.3 is 4.98 Å². The van der Waals surface area contributed by atoms with E-state index in [1.807, 2.05) is 37.4 Å². The Balaban J connectivity index is 2.15. The van der Waals surface area contributed by atoms with E-state index in [-0.39, 0.29) is 18.1 Å². The molecule has 6 nitrogen and oxygen atoms in total. The van der Waals surface area contributed by atoms with Crippen LogP contribution in [0.2, 0.25) is 0 Å². The number of aromatic amines is 1. The Hall–Kier alpha value is -2.21. The Morgan fingerprint density at radius 1 is 1.20 bits per heavy atom. The lowest BCUT2D eigenvalue weighted by Gasteiger charge is -2.16. The standard InChI is InChI=1S/C19H28N4O2/c1-8-23-14(5)16(12(3)21-23)9-22(7)10-17(25)19-11(2)18(15(6)24)13(4)20-19/h20H,8-10H2,1-7H3. The Morgan fingerprint density at radius 2 is 1.84 bits per heavy atom. The van der Waals surface area contributed by atoms with E-state index in [0.29, 0.717) is 17.8 Å². The molecule has 0 saturated heterocycles. The molecule has 0 fully saturated rings. The second-order valence-corrected chi connectivity index (χ2v) is 6.74. The number of H-pyrrole nitrogens is 1. The summed E-state index contributed by atoms with van der Waals surface area (Å²) >= 11 is 0. The highest BCUT2D eigenvalue weighted by Crippen LogP contribution is 2.20.